The van der Waals surface area contributed by atoms with Gasteiger partial charge in [0, 0.05) is 19.6 Å². The second kappa shape index (κ2) is 13.9. The van der Waals surface area contributed by atoms with Crippen LogP contribution in [0.3, 0.4) is 0 Å². The molecular weight excluding hydrogens is 458 g/mol. The van der Waals surface area contributed by atoms with E-state index in [2.05, 4.69) is 13.8 Å². The number of amides is 1. The minimum Gasteiger partial charge on any atom is -0.492 e. The largest absolute Gasteiger partial charge is 0.492 e. The van der Waals surface area contributed by atoms with Crippen molar-refractivity contribution in [3.63, 3.8) is 0 Å². The van der Waals surface area contributed by atoms with Crippen LogP contribution in [0.25, 0.3) is 0 Å². The summed E-state index contributed by atoms with van der Waals surface area (Å²) in [7, 11) is 0. The van der Waals surface area contributed by atoms with Crippen molar-refractivity contribution in [2.24, 2.45) is 5.92 Å². The Balaban J connectivity index is 1.55. The van der Waals surface area contributed by atoms with Gasteiger partial charge >= 0.3 is 12.1 Å². The van der Waals surface area contributed by atoms with Crippen LogP contribution in [0, 0.1) is 5.92 Å². The van der Waals surface area contributed by atoms with Crippen LogP contribution in [-0.2, 0) is 16.0 Å². The van der Waals surface area contributed by atoms with Crippen molar-refractivity contribution in [3.05, 3.63) is 59.7 Å². The third-order valence-electron chi connectivity index (χ3n) is 6.58. The van der Waals surface area contributed by atoms with Crippen molar-refractivity contribution in [3.8, 4) is 11.5 Å². The number of benzene rings is 2. The maximum Gasteiger partial charge on any atom is 0.415 e. The lowest BCUT2D eigenvalue weighted by Gasteiger charge is -2.25. The zero-order valence-electron chi connectivity index (χ0n) is 21.7. The van der Waals surface area contributed by atoms with Crippen LogP contribution in [0.2, 0.25) is 0 Å². The van der Waals surface area contributed by atoms with Gasteiger partial charge in [-0.15, -0.1) is 0 Å². The lowest BCUT2D eigenvalue weighted by molar-refractivity contribution is -0.149. The van der Waals surface area contributed by atoms with Gasteiger partial charge in [-0.2, -0.15) is 0 Å². The maximum atomic E-state index is 13.0. The average molecular weight is 498 g/mol. The molecule has 0 spiro atoms. The van der Waals surface area contributed by atoms with E-state index in [1.165, 1.54) is 18.4 Å². The molecule has 7 nitrogen and oxygen atoms in total. The number of carbonyl (C=O) groups excluding carboxylic acids is 1. The number of aliphatic carboxylic acids is 1. The fraction of sp³-hybridized carbons (Fsp3) is 0.517. The van der Waals surface area contributed by atoms with Crippen LogP contribution < -0.4 is 9.47 Å². The summed E-state index contributed by atoms with van der Waals surface area (Å²) in [4.78, 5) is 26.1. The van der Waals surface area contributed by atoms with Crippen LogP contribution in [0.5, 0.6) is 11.5 Å². The quantitative estimate of drug-likeness (QED) is 0.370. The Labute approximate surface area is 214 Å². The summed E-state index contributed by atoms with van der Waals surface area (Å²) >= 11 is 0. The first-order chi connectivity index (χ1) is 17.4. The highest BCUT2D eigenvalue weighted by atomic mass is 16.6. The molecule has 7 heteroatoms. The molecule has 36 heavy (non-hydrogen) atoms. The Bertz CT molecular complexity index is 951. The van der Waals surface area contributed by atoms with Gasteiger partial charge in [-0.25, -0.2) is 9.59 Å². The summed E-state index contributed by atoms with van der Waals surface area (Å²) in [5, 5.41) is 9.27. The first kappa shape index (κ1) is 27.5. The van der Waals surface area contributed by atoms with Crippen LogP contribution in [-0.4, -0.2) is 54.5 Å². The third-order valence-corrected chi connectivity index (χ3v) is 6.58. The van der Waals surface area contributed by atoms with Crippen LogP contribution in [0.4, 0.5) is 4.79 Å². The molecule has 0 saturated heterocycles. The number of carboxylic acid groups (broad SMARTS) is 1. The van der Waals surface area contributed by atoms with Gasteiger partial charge in [-0.3, -0.25) is 0 Å². The van der Waals surface area contributed by atoms with E-state index >= 15 is 0 Å². The molecule has 2 aromatic carbocycles. The van der Waals surface area contributed by atoms with Crippen LogP contribution in [0.1, 0.15) is 63.5 Å². The molecule has 1 N–H and O–H groups in total. The molecule has 1 fully saturated rings. The molecule has 1 unspecified atom stereocenters. The number of hydrogen-bond acceptors (Lipinski definition) is 5. The predicted molar refractivity (Wildman–Crippen MR) is 139 cm³/mol. The summed E-state index contributed by atoms with van der Waals surface area (Å²) in [5.74, 6) is 1.16. The topological polar surface area (TPSA) is 85.3 Å². The molecule has 3 rings (SSSR count). The van der Waals surface area contributed by atoms with Gasteiger partial charge < -0.3 is 24.2 Å². The fourth-order valence-electron chi connectivity index (χ4n) is 4.48. The maximum absolute atomic E-state index is 13.0. The van der Waals surface area contributed by atoms with Gasteiger partial charge in [0.05, 0.1) is 6.54 Å². The van der Waals surface area contributed by atoms with Gasteiger partial charge in [-0.05, 0) is 67.0 Å². The monoisotopic (exact) mass is 497 g/mol. The van der Waals surface area contributed by atoms with Gasteiger partial charge in [0.15, 0.2) is 6.10 Å². The Morgan fingerprint density at radius 2 is 1.64 bits per heavy atom. The van der Waals surface area contributed by atoms with Crippen molar-refractivity contribution in [1.29, 1.82) is 0 Å². The third kappa shape index (κ3) is 8.55. The number of ether oxygens (including phenoxy) is 3. The highest BCUT2D eigenvalue weighted by molar-refractivity contribution is 5.72. The first-order valence-corrected chi connectivity index (χ1v) is 13.0. The molecule has 2 aromatic rings. The van der Waals surface area contributed by atoms with Crippen LogP contribution >= 0.6 is 0 Å². The smallest absolute Gasteiger partial charge is 0.415 e. The lowest BCUT2D eigenvalue weighted by Crippen LogP contribution is -2.39. The molecule has 1 amide bonds. The summed E-state index contributed by atoms with van der Waals surface area (Å²) in [5.41, 5.74) is 2.06. The molecule has 0 aliphatic heterocycles. The zero-order chi connectivity index (χ0) is 25.9. The van der Waals surface area contributed by atoms with E-state index < -0.39 is 12.1 Å². The summed E-state index contributed by atoms with van der Waals surface area (Å²) < 4.78 is 16.9. The van der Waals surface area contributed by atoms with Gasteiger partial charge in [0.25, 0.3) is 0 Å². The fourth-order valence-corrected chi connectivity index (χ4v) is 4.48. The van der Waals surface area contributed by atoms with E-state index in [0.717, 1.165) is 18.4 Å². The number of hydrogen-bond donors (Lipinski definition) is 1. The summed E-state index contributed by atoms with van der Waals surface area (Å²) in [6.07, 6.45) is 3.76. The number of carbonyl (C=O) groups is 2. The van der Waals surface area contributed by atoms with Crippen molar-refractivity contribution in [1.82, 2.24) is 4.90 Å². The SMILES string of the molecule is CCOC(Cc1ccc(OCCN(CC2CCCC2)C(=O)Oc2ccc(C(C)C)cc2)cc1)C(=O)O. The molecule has 1 aliphatic carbocycles. The van der Waals surface area contributed by atoms with Gasteiger partial charge in [0.1, 0.15) is 18.1 Å². The molecule has 0 radical (unpaired) electrons. The van der Waals surface area contributed by atoms with E-state index in [1.54, 1.807) is 11.8 Å². The standard InChI is InChI=1S/C29H39NO6/c1-4-34-27(28(31)32)19-22-9-13-25(14-10-22)35-18-17-30(20-23-7-5-6-8-23)29(33)36-26-15-11-24(12-16-26)21(2)3/h9-16,21,23,27H,4-8,17-20H2,1-3H3,(H,31,32). The van der Waals surface area contributed by atoms with Gasteiger partial charge in [-0.1, -0.05) is 51.0 Å². The number of nitrogens with zero attached hydrogens (tertiary/aromatic N) is 1. The van der Waals surface area contributed by atoms with E-state index in [0.29, 0.717) is 56.1 Å². The van der Waals surface area contributed by atoms with E-state index in [9.17, 15) is 14.7 Å². The normalized spacial score (nSPS) is 14.6. The Kier molecular flexibility index (Phi) is 10.6. The van der Waals surface area contributed by atoms with E-state index in [1.807, 2.05) is 48.5 Å². The molecule has 1 saturated carbocycles. The Morgan fingerprint density at radius 1 is 1.00 bits per heavy atom. The second-order valence-electron chi connectivity index (χ2n) is 9.67. The number of carboxylic acids is 1. The van der Waals surface area contributed by atoms with Crippen molar-refractivity contribution in [2.75, 3.05) is 26.3 Å². The molecule has 0 aromatic heterocycles. The highest BCUT2D eigenvalue weighted by Crippen LogP contribution is 2.26. The Morgan fingerprint density at radius 3 is 2.22 bits per heavy atom. The minimum absolute atomic E-state index is 0.294. The summed E-state index contributed by atoms with van der Waals surface area (Å²) in [6, 6.07) is 15.0. The molecule has 1 aliphatic rings. The summed E-state index contributed by atoms with van der Waals surface area (Å²) in [6.45, 7) is 7.81. The van der Waals surface area contributed by atoms with E-state index in [-0.39, 0.29) is 6.09 Å². The van der Waals surface area contributed by atoms with Crippen LogP contribution in [0.15, 0.2) is 48.5 Å². The average Bonchev–Trinajstić information content (AvgIpc) is 3.37. The van der Waals surface area contributed by atoms with Crippen molar-refractivity contribution < 1.29 is 28.9 Å². The molecule has 0 heterocycles. The van der Waals surface area contributed by atoms with Gasteiger partial charge in [0.2, 0.25) is 0 Å². The lowest BCUT2D eigenvalue weighted by atomic mass is 10.0. The molecule has 0 bridgehead atoms. The zero-order valence-corrected chi connectivity index (χ0v) is 21.7. The minimum atomic E-state index is -0.970. The van der Waals surface area contributed by atoms with E-state index in [4.69, 9.17) is 14.2 Å². The predicted octanol–water partition coefficient (Wildman–Crippen LogP) is 5.91. The molecule has 1 atom stereocenters. The molecular formula is C29H39NO6. The number of rotatable bonds is 13. The van der Waals surface area contributed by atoms with Crippen molar-refractivity contribution >= 4 is 12.1 Å². The second-order valence-corrected chi connectivity index (χ2v) is 9.67. The molecule has 196 valence electrons. The first-order valence-electron chi connectivity index (χ1n) is 13.0. The van der Waals surface area contributed by atoms with Crippen molar-refractivity contribution in [2.45, 2.75) is 64.9 Å². The highest BCUT2D eigenvalue weighted by Gasteiger charge is 2.23. The Hall–Kier alpha value is -3.06.